The first-order chi connectivity index (χ1) is 14.4. The van der Waals surface area contributed by atoms with Crippen molar-refractivity contribution in [2.24, 2.45) is 0 Å². The molecular weight excluding hydrogens is 420 g/mol. The van der Waals surface area contributed by atoms with Crippen LogP contribution in [0.4, 0.5) is 5.82 Å². The summed E-state index contributed by atoms with van der Waals surface area (Å²) < 4.78 is 22.8. The van der Waals surface area contributed by atoms with Crippen LogP contribution in [0.2, 0.25) is 5.02 Å². The molecule has 0 bridgehead atoms. The Morgan fingerprint density at radius 1 is 1.17 bits per heavy atom. The fourth-order valence-electron chi connectivity index (χ4n) is 4.26. The zero-order chi connectivity index (χ0) is 21.1. The smallest absolute Gasteiger partial charge is 0.161 e. The van der Waals surface area contributed by atoms with Crippen LogP contribution in [0, 0.1) is 0 Å². The highest BCUT2D eigenvalue weighted by molar-refractivity contribution is 7.90. The first-order valence-corrected chi connectivity index (χ1v) is 13.1. The van der Waals surface area contributed by atoms with Crippen LogP contribution in [-0.2, 0) is 22.7 Å². The van der Waals surface area contributed by atoms with Crippen LogP contribution in [-0.4, -0.2) is 61.0 Å². The largest absolute Gasteiger partial charge is 0.367 e. The van der Waals surface area contributed by atoms with E-state index in [1.54, 1.807) is 0 Å². The first kappa shape index (κ1) is 21.5. The van der Waals surface area contributed by atoms with Crippen molar-refractivity contribution < 1.29 is 8.42 Å². The van der Waals surface area contributed by atoms with Gasteiger partial charge in [-0.05, 0) is 50.7 Å². The molecular formula is C22H29ClN4O2S. The summed E-state index contributed by atoms with van der Waals surface area (Å²) in [4.78, 5) is 12.0. The maximum Gasteiger partial charge on any atom is 0.161 e. The van der Waals surface area contributed by atoms with Crippen molar-refractivity contribution in [3.05, 3.63) is 40.5 Å². The first-order valence-electron chi connectivity index (χ1n) is 10.7. The molecule has 1 aliphatic carbocycles. The number of hydrogen-bond donors (Lipinski definition) is 1. The van der Waals surface area contributed by atoms with E-state index in [4.69, 9.17) is 21.6 Å². The summed E-state index contributed by atoms with van der Waals surface area (Å²) in [5, 5.41) is 4.38. The number of fused-ring (bicyclic) bond motifs is 1. The lowest BCUT2D eigenvalue weighted by atomic mass is 9.95. The molecule has 0 amide bonds. The molecule has 4 rings (SSSR count). The van der Waals surface area contributed by atoms with E-state index in [-0.39, 0.29) is 5.75 Å². The maximum absolute atomic E-state index is 11.4. The third-order valence-corrected chi connectivity index (χ3v) is 7.13. The molecule has 2 aromatic rings. The molecule has 2 heterocycles. The Balaban J connectivity index is 1.49. The highest BCUT2D eigenvalue weighted by Crippen LogP contribution is 2.30. The van der Waals surface area contributed by atoms with Crippen LogP contribution in [0.1, 0.15) is 36.9 Å². The standard InChI is InChI=1S/C22H29ClN4O2S/c1-30(28,29)14-13-27-11-9-18(10-12-27)24-22-19-7-2-3-8-20(19)25-21(26-22)16-5-4-6-17(23)15-16/h4-6,15,18H,2-3,7-14H2,1H3,(H,24,25,26). The van der Waals surface area contributed by atoms with Crippen LogP contribution in [0.5, 0.6) is 0 Å². The molecule has 0 spiro atoms. The average Bonchev–Trinajstić information content (AvgIpc) is 2.72. The van der Waals surface area contributed by atoms with Crippen LogP contribution < -0.4 is 5.32 Å². The molecule has 30 heavy (non-hydrogen) atoms. The molecule has 0 unspecified atom stereocenters. The molecule has 2 aliphatic rings. The maximum atomic E-state index is 11.4. The third-order valence-electron chi connectivity index (χ3n) is 5.97. The summed E-state index contributed by atoms with van der Waals surface area (Å²) in [7, 11) is -2.91. The summed E-state index contributed by atoms with van der Waals surface area (Å²) in [6.07, 6.45) is 7.61. The highest BCUT2D eigenvalue weighted by atomic mass is 35.5. The second kappa shape index (κ2) is 9.20. The number of halogens is 1. The molecule has 0 atom stereocenters. The number of hydrogen-bond acceptors (Lipinski definition) is 6. The number of rotatable bonds is 6. The van der Waals surface area contributed by atoms with Gasteiger partial charge in [0.15, 0.2) is 5.82 Å². The molecule has 1 aliphatic heterocycles. The Morgan fingerprint density at radius 2 is 1.93 bits per heavy atom. The van der Waals surface area contributed by atoms with Crippen LogP contribution in [0.3, 0.4) is 0 Å². The van der Waals surface area contributed by atoms with E-state index >= 15 is 0 Å². The van der Waals surface area contributed by atoms with Gasteiger partial charge in [0.2, 0.25) is 0 Å². The van der Waals surface area contributed by atoms with E-state index in [1.165, 1.54) is 18.2 Å². The summed E-state index contributed by atoms with van der Waals surface area (Å²) in [6.45, 7) is 2.43. The molecule has 1 aromatic carbocycles. The van der Waals surface area contributed by atoms with E-state index in [0.29, 0.717) is 17.6 Å². The molecule has 0 radical (unpaired) electrons. The predicted molar refractivity (Wildman–Crippen MR) is 122 cm³/mol. The highest BCUT2D eigenvalue weighted by Gasteiger charge is 2.24. The average molecular weight is 449 g/mol. The van der Waals surface area contributed by atoms with E-state index in [9.17, 15) is 8.42 Å². The minimum Gasteiger partial charge on any atom is -0.367 e. The van der Waals surface area contributed by atoms with Gasteiger partial charge < -0.3 is 10.2 Å². The number of nitrogens with zero attached hydrogens (tertiary/aromatic N) is 3. The van der Waals surface area contributed by atoms with Gasteiger partial charge in [-0.1, -0.05) is 23.7 Å². The van der Waals surface area contributed by atoms with Crippen molar-refractivity contribution in [1.29, 1.82) is 0 Å². The summed E-state index contributed by atoms with van der Waals surface area (Å²) in [5.74, 6) is 1.92. The van der Waals surface area contributed by atoms with Crippen molar-refractivity contribution in [2.75, 3.05) is 37.0 Å². The zero-order valence-electron chi connectivity index (χ0n) is 17.4. The number of nitrogens with one attached hydrogen (secondary N) is 1. The summed E-state index contributed by atoms with van der Waals surface area (Å²) >= 11 is 6.19. The van der Waals surface area contributed by atoms with Gasteiger partial charge in [0.1, 0.15) is 15.7 Å². The fourth-order valence-corrected chi connectivity index (χ4v) is 5.04. The van der Waals surface area contributed by atoms with Crippen LogP contribution in [0.15, 0.2) is 24.3 Å². The zero-order valence-corrected chi connectivity index (χ0v) is 19.0. The van der Waals surface area contributed by atoms with Gasteiger partial charge in [0, 0.05) is 53.8 Å². The van der Waals surface area contributed by atoms with Gasteiger partial charge in [-0.2, -0.15) is 0 Å². The fraction of sp³-hybridized carbons (Fsp3) is 0.545. The summed E-state index contributed by atoms with van der Waals surface area (Å²) in [6, 6.07) is 8.05. The Labute approximate surface area is 184 Å². The van der Waals surface area contributed by atoms with Gasteiger partial charge in [-0.15, -0.1) is 0 Å². The number of aromatic nitrogens is 2. The number of aryl methyl sites for hydroxylation is 1. The number of anilines is 1. The van der Waals surface area contributed by atoms with Crippen molar-refractivity contribution in [3.63, 3.8) is 0 Å². The molecule has 1 saturated heterocycles. The van der Waals surface area contributed by atoms with Gasteiger partial charge in [-0.3, -0.25) is 0 Å². The van der Waals surface area contributed by atoms with E-state index < -0.39 is 9.84 Å². The minimum absolute atomic E-state index is 0.230. The molecule has 0 saturated carbocycles. The molecule has 8 heteroatoms. The Morgan fingerprint density at radius 3 is 2.67 bits per heavy atom. The SMILES string of the molecule is CS(=O)(=O)CCN1CCC(Nc2nc(-c3cccc(Cl)c3)nc3c2CCCC3)CC1. The molecule has 1 fully saturated rings. The van der Waals surface area contributed by atoms with Crippen molar-refractivity contribution in [3.8, 4) is 11.4 Å². The van der Waals surface area contributed by atoms with Crippen LogP contribution >= 0.6 is 11.6 Å². The number of piperidine rings is 1. The van der Waals surface area contributed by atoms with Crippen LogP contribution in [0.25, 0.3) is 11.4 Å². The lowest BCUT2D eigenvalue weighted by Crippen LogP contribution is -2.41. The lowest BCUT2D eigenvalue weighted by Gasteiger charge is -2.33. The number of sulfone groups is 1. The Bertz CT molecular complexity index is 1000. The molecule has 162 valence electrons. The second-order valence-corrected chi connectivity index (χ2v) is 11.1. The minimum atomic E-state index is -2.91. The monoisotopic (exact) mass is 448 g/mol. The quantitative estimate of drug-likeness (QED) is 0.727. The van der Waals surface area contributed by atoms with Gasteiger partial charge >= 0.3 is 0 Å². The Hall–Kier alpha value is -1.70. The van der Waals surface area contributed by atoms with E-state index in [2.05, 4.69) is 10.2 Å². The van der Waals surface area contributed by atoms with Crippen molar-refractivity contribution in [2.45, 2.75) is 44.6 Å². The van der Waals surface area contributed by atoms with E-state index in [0.717, 1.165) is 68.1 Å². The topological polar surface area (TPSA) is 75.2 Å². The van der Waals surface area contributed by atoms with E-state index in [1.807, 2.05) is 24.3 Å². The van der Waals surface area contributed by atoms with Crippen molar-refractivity contribution in [1.82, 2.24) is 14.9 Å². The Kier molecular flexibility index (Phi) is 6.60. The lowest BCUT2D eigenvalue weighted by molar-refractivity contribution is 0.230. The molecule has 1 aromatic heterocycles. The predicted octanol–water partition coefficient (Wildman–Crippen LogP) is 3.60. The molecule has 6 nitrogen and oxygen atoms in total. The van der Waals surface area contributed by atoms with Gasteiger partial charge in [0.25, 0.3) is 0 Å². The third kappa shape index (κ3) is 5.50. The van der Waals surface area contributed by atoms with Crippen molar-refractivity contribution >= 4 is 27.3 Å². The number of benzene rings is 1. The van der Waals surface area contributed by atoms with Gasteiger partial charge in [0.05, 0.1) is 5.75 Å². The second-order valence-electron chi connectivity index (χ2n) is 8.43. The normalized spacial score (nSPS) is 18.2. The van der Waals surface area contributed by atoms with Gasteiger partial charge in [-0.25, -0.2) is 18.4 Å². The number of likely N-dealkylation sites (tertiary alicyclic amines) is 1. The molecule has 1 N–H and O–H groups in total. The summed E-state index contributed by atoms with van der Waals surface area (Å²) in [5.41, 5.74) is 3.35.